The fourth-order valence-corrected chi connectivity index (χ4v) is 4.85. The summed E-state index contributed by atoms with van der Waals surface area (Å²) in [5.41, 5.74) is 5.87. The molecule has 226 valence electrons. The molecule has 10 heteroatoms. The monoisotopic (exact) mass is 594 g/mol. The van der Waals surface area contributed by atoms with E-state index in [1.54, 1.807) is 31.5 Å². The van der Waals surface area contributed by atoms with E-state index in [4.69, 9.17) is 4.98 Å². The minimum Gasteiger partial charge on any atom is -0.384 e. The average molecular weight is 595 g/mol. The topological polar surface area (TPSA) is 97.6 Å². The number of hydrogen-bond donors (Lipinski definition) is 4. The lowest BCUT2D eigenvalue weighted by Gasteiger charge is -2.13. The number of fused-ring (bicyclic) bond motifs is 1. The van der Waals surface area contributed by atoms with Crippen LogP contribution in [0.25, 0.3) is 51.2 Å². The van der Waals surface area contributed by atoms with Gasteiger partial charge in [0.05, 0.1) is 33.5 Å². The summed E-state index contributed by atoms with van der Waals surface area (Å²) in [5.74, 6) is -0.555. The van der Waals surface area contributed by atoms with Crippen LogP contribution < -0.4 is 21.2 Å². The van der Waals surface area contributed by atoms with Crippen LogP contribution in [0.3, 0.4) is 0 Å². The summed E-state index contributed by atoms with van der Waals surface area (Å²) < 4.78 is 31.0. The van der Waals surface area contributed by atoms with Crippen LogP contribution in [0, 0.1) is 5.82 Å². The first kappa shape index (κ1) is 30.4. The van der Waals surface area contributed by atoms with E-state index in [9.17, 15) is 4.39 Å². The second-order valence-corrected chi connectivity index (χ2v) is 10.7. The van der Waals surface area contributed by atoms with E-state index < -0.39 is 5.83 Å². The number of para-hydroxylation sites is 1. The van der Waals surface area contributed by atoms with Crippen molar-refractivity contribution in [1.29, 1.82) is 0 Å². The summed E-state index contributed by atoms with van der Waals surface area (Å²) in [6.07, 6.45) is 5.70. The highest BCUT2D eigenvalue weighted by Crippen LogP contribution is 2.31. The molecule has 0 aliphatic heterocycles. The number of rotatable bonds is 11. The van der Waals surface area contributed by atoms with Crippen molar-refractivity contribution >= 4 is 39.9 Å². The minimum atomic E-state index is -0.561. The number of benzene rings is 2. The van der Waals surface area contributed by atoms with Crippen LogP contribution in [0.2, 0.25) is 0 Å². The Morgan fingerprint density at radius 1 is 1.09 bits per heavy atom. The summed E-state index contributed by atoms with van der Waals surface area (Å²) >= 11 is 0. The third kappa shape index (κ3) is 6.45. The smallest absolute Gasteiger partial charge is 0.159 e. The van der Waals surface area contributed by atoms with Gasteiger partial charge < -0.3 is 20.5 Å². The zero-order chi connectivity index (χ0) is 31.4. The first-order valence-corrected chi connectivity index (χ1v) is 14.4. The fraction of sp³-hybridized carbons (Fsp3) is 0.206. The number of pyridine rings is 1. The molecule has 0 amide bonds. The lowest BCUT2D eigenvalue weighted by molar-refractivity contribution is 0.425. The maximum atomic E-state index is 16.3. The van der Waals surface area contributed by atoms with Crippen LogP contribution in [0.1, 0.15) is 25.8 Å². The highest BCUT2D eigenvalue weighted by atomic mass is 19.1. The number of imidazole rings is 1. The molecule has 0 atom stereocenters. The normalized spacial score (nSPS) is 12.6. The standard InChI is InChI=1S/C34H36F2N8/c1-7-20(3)39-26-16-23(18-37-19-26)21(4)31(36)30-28(8-2)42-43-33(30)34-40-29-11-9-10-27(32(29)41-34)22-14-24(35)17-25(15-22)38-12-13-44(5)6/h8-11,14-19,38-39,42H,3-4,7,12-13H2,1-2,5-6H3,(H,40,41)/b28-8+,31-30-. The quantitative estimate of drug-likeness (QED) is 0.149. The van der Waals surface area contributed by atoms with Crippen molar-refractivity contribution in [2.24, 2.45) is 0 Å². The lowest BCUT2D eigenvalue weighted by Crippen LogP contribution is -2.26. The Morgan fingerprint density at radius 2 is 1.91 bits per heavy atom. The molecule has 44 heavy (non-hydrogen) atoms. The summed E-state index contributed by atoms with van der Waals surface area (Å²) in [5, 5.41) is 14.5. The van der Waals surface area contributed by atoms with Crippen molar-refractivity contribution in [3.8, 4) is 22.6 Å². The van der Waals surface area contributed by atoms with Gasteiger partial charge in [0.1, 0.15) is 17.3 Å². The van der Waals surface area contributed by atoms with Crippen LogP contribution >= 0.6 is 0 Å². The molecule has 3 aromatic heterocycles. The Hall–Kier alpha value is -5.09. The van der Waals surface area contributed by atoms with E-state index in [0.717, 1.165) is 24.2 Å². The number of aromatic nitrogens is 5. The van der Waals surface area contributed by atoms with Crippen molar-refractivity contribution in [1.82, 2.24) is 30.0 Å². The molecular weight excluding hydrogens is 558 g/mol. The zero-order valence-electron chi connectivity index (χ0n) is 25.4. The molecule has 0 saturated carbocycles. The molecule has 0 fully saturated rings. The predicted molar refractivity (Wildman–Crippen MR) is 176 cm³/mol. The zero-order valence-corrected chi connectivity index (χ0v) is 25.4. The van der Waals surface area contributed by atoms with Gasteiger partial charge in [0.25, 0.3) is 0 Å². The van der Waals surface area contributed by atoms with Crippen molar-refractivity contribution in [3.05, 3.63) is 95.7 Å². The molecular formula is C34H36F2N8. The Bertz CT molecular complexity index is 1970. The average Bonchev–Trinajstić information content (AvgIpc) is 3.64. The molecule has 0 aliphatic carbocycles. The van der Waals surface area contributed by atoms with Gasteiger partial charge in [-0.2, -0.15) is 5.10 Å². The van der Waals surface area contributed by atoms with Gasteiger partial charge in [-0.1, -0.05) is 38.3 Å². The van der Waals surface area contributed by atoms with Crippen molar-refractivity contribution in [2.45, 2.75) is 20.3 Å². The number of nitrogens with zero attached hydrogens (tertiary/aromatic N) is 4. The number of likely N-dealkylation sites (N-methyl/N-ethyl adjacent to an activating group) is 1. The molecule has 3 heterocycles. The van der Waals surface area contributed by atoms with Crippen LogP contribution in [0.5, 0.6) is 0 Å². The summed E-state index contributed by atoms with van der Waals surface area (Å²) in [6.45, 7) is 13.3. The van der Waals surface area contributed by atoms with Gasteiger partial charge in [-0.05, 0) is 63.3 Å². The third-order valence-electron chi connectivity index (χ3n) is 7.24. The van der Waals surface area contributed by atoms with Gasteiger partial charge in [0.2, 0.25) is 0 Å². The number of anilines is 2. The summed E-state index contributed by atoms with van der Waals surface area (Å²) in [4.78, 5) is 14.4. The molecule has 0 saturated heterocycles. The SMILES string of the molecule is C=C(CC)Nc1cncc(C(=C)/C(F)=c2/c(-c3nc4c(-c5cc(F)cc(NCCN(C)C)c5)cccc4[nH]3)n[nH]/c2=C/C)c1. The lowest BCUT2D eigenvalue weighted by atomic mass is 10.0. The largest absolute Gasteiger partial charge is 0.384 e. The predicted octanol–water partition coefficient (Wildman–Crippen LogP) is 6.05. The molecule has 4 N–H and O–H groups in total. The van der Waals surface area contributed by atoms with Gasteiger partial charge in [-0.25, -0.2) is 13.8 Å². The van der Waals surface area contributed by atoms with E-state index >= 15 is 4.39 Å². The number of hydrogen-bond acceptors (Lipinski definition) is 6. The van der Waals surface area contributed by atoms with Crippen LogP contribution in [-0.2, 0) is 0 Å². The molecule has 0 spiro atoms. The molecule has 8 nitrogen and oxygen atoms in total. The van der Waals surface area contributed by atoms with Crippen LogP contribution in [0.15, 0.2) is 73.7 Å². The fourth-order valence-electron chi connectivity index (χ4n) is 4.85. The second-order valence-electron chi connectivity index (χ2n) is 10.7. The van der Waals surface area contributed by atoms with Gasteiger partial charge in [-0.3, -0.25) is 10.1 Å². The Morgan fingerprint density at radius 3 is 2.66 bits per heavy atom. The first-order valence-electron chi connectivity index (χ1n) is 14.4. The van der Waals surface area contributed by atoms with Crippen LogP contribution in [0.4, 0.5) is 20.2 Å². The molecule has 2 aromatic carbocycles. The molecule has 0 unspecified atom stereocenters. The second kappa shape index (κ2) is 13.0. The van der Waals surface area contributed by atoms with Crippen LogP contribution in [-0.4, -0.2) is 57.2 Å². The Labute approximate surface area is 255 Å². The third-order valence-corrected chi connectivity index (χ3v) is 7.24. The van der Waals surface area contributed by atoms with E-state index in [2.05, 4.69) is 48.9 Å². The minimum absolute atomic E-state index is 0.153. The van der Waals surface area contributed by atoms with E-state index in [1.165, 1.54) is 12.1 Å². The number of allylic oxidation sites excluding steroid dienone is 2. The molecule has 0 bridgehead atoms. The van der Waals surface area contributed by atoms with Crippen molar-refractivity contribution in [2.75, 3.05) is 37.8 Å². The Balaban J connectivity index is 1.57. The van der Waals surface area contributed by atoms with E-state index in [1.807, 2.05) is 45.3 Å². The van der Waals surface area contributed by atoms with Gasteiger partial charge in [0, 0.05) is 47.4 Å². The molecule has 0 radical (unpaired) electrons. The summed E-state index contributed by atoms with van der Waals surface area (Å²) in [6, 6.07) is 12.3. The van der Waals surface area contributed by atoms with Gasteiger partial charge >= 0.3 is 0 Å². The maximum Gasteiger partial charge on any atom is 0.159 e. The molecule has 5 rings (SSSR count). The van der Waals surface area contributed by atoms with E-state index in [-0.39, 0.29) is 16.6 Å². The highest BCUT2D eigenvalue weighted by Gasteiger charge is 2.18. The summed E-state index contributed by atoms with van der Waals surface area (Å²) in [7, 11) is 3.97. The Kier molecular flexibility index (Phi) is 9.01. The number of aromatic amines is 2. The highest BCUT2D eigenvalue weighted by molar-refractivity contribution is 5.96. The molecule has 5 aromatic rings. The first-order chi connectivity index (χ1) is 21.2. The van der Waals surface area contributed by atoms with Crippen molar-refractivity contribution in [3.63, 3.8) is 0 Å². The number of halogens is 2. The molecule has 0 aliphatic rings. The van der Waals surface area contributed by atoms with Gasteiger partial charge in [-0.15, -0.1) is 0 Å². The maximum absolute atomic E-state index is 16.3. The number of H-pyrrole nitrogens is 2. The van der Waals surface area contributed by atoms with E-state index in [0.29, 0.717) is 56.9 Å². The van der Waals surface area contributed by atoms with Gasteiger partial charge in [0.15, 0.2) is 5.82 Å². The number of nitrogens with one attached hydrogen (secondary N) is 4. The van der Waals surface area contributed by atoms with Crippen molar-refractivity contribution < 1.29 is 8.78 Å².